The molecule has 0 aromatic rings. The van der Waals surface area contributed by atoms with Crippen LogP contribution in [0.4, 0.5) is 9.18 Å². The van der Waals surface area contributed by atoms with Gasteiger partial charge < -0.3 is 15.4 Å². The van der Waals surface area contributed by atoms with Gasteiger partial charge in [0.1, 0.15) is 11.8 Å². The van der Waals surface area contributed by atoms with Crippen LogP contribution in [0.25, 0.3) is 0 Å². The third kappa shape index (κ3) is 2.54. The molecule has 5 heteroatoms. The molecule has 17 heavy (non-hydrogen) atoms. The summed E-state index contributed by atoms with van der Waals surface area (Å²) in [7, 11) is 0. The topological polar surface area (TPSA) is 55.6 Å². The van der Waals surface area contributed by atoms with Crippen LogP contribution in [0.3, 0.4) is 0 Å². The Morgan fingerprint density at radius 3 is 2.59 bits per heavy atom. The molecular formula is C12H21FN2O2. The van der Waals surface area contributed by atoms with Crippen molar-refractivity contribution in [3.05, 3.63) is 0 Å². The number of rotatable bonds is 0. The highest BCUT2D eigenvalue weighted by atomic mass is 19.1. The number of likely N-dealkylation sites (tertiary alicyclic amines) is 1. The van der Waals surface area contributed by atoms with Gasteiger partial charge >= 0.3 is 6.09 Å². The molecule has 1 aliphatic heterocycles. The van der Waals surface area contributed by atoms with E-state index in [4.69, 9.17) is 10.5 Å². The molecule has 2 N–H and O–H groups in total. The zero-order valence-electron chi connectivity index (χ0n) is 10.6. The maximum Gasteiger partial charge on any atom is 0.410 e. The first-order valence-electron chi connectivity index (χ1n) is 6.15. The summed E-state index contributed by atoms with van der Waals surface area (Å²) in [6.07, 6.45) is -0.648. The van der Waals surface area contributed by atoms with Crippen LogP contribution in [0.1, 0.15) is 27.2 Å². The monoisotopic (exact) mass is 244 g/mol. The van der Waals surface area contributed by atoms with Gasteiger partial charge in [-0.1, -0.05) is 0 Å². The highest BCUT2D eigenvalue weighted by Crippen LogP contribution is 2.39. The number of nitrogens with two attached hydrogens (primary N) is 1. The zero-order chi connectivity index (χ0) is 12.8. The second-order valence-corrected chi connectivity index (χ2v) is 6.15. The number of carbonyl (C=O) groups excluding carboxylic acids is 1. The van der Waals surface area contributed by atoms with Gasteiger partial charge in [0.05, 0.1) is 0 Å². The van der Waals surface area contributed by atoms with Crippen molar-refractivity contribution in [3.63, 3.8) is 0 Å². The lowest BCUT2D eigenvalue weighted by Gasteiger charge is -2.25. The Balaban J connectivity index is 1.94. The smallest absolute Gasteiger partial charge is 0.410 e. The third-order valence-electron chi connectivity index (χ3n) is 3.54. The van der Waals surface area contributed by atoms with E-state index in [1.54, 1.807) is 4.90 Å². The lowest BCUT2D eigenvalue weighted by molar-refractivity contribution is 0.0272. The van der Waals surface area contributed by atoms with E-state index in [-0.39, 0.29) is 24.0 Å². The standard InChI is InChI=1S/C12H21FN2O2/c1-12(2,3)17-11(16)15-5-7-4-9(14)10(13)8(7)6-15/h7-10H,4-6,14H2,1-3H3/t7-,8+,9+,10-/m1/s1. The molecule has 1 aliphatic carbocycles. The molecule has 4 atom stereocenters. The van der Waals surface area contributed by atoms with Gasteiger partial charge in [0.2, 0.25) is 0 Å². The summed E-state index contributed by atoms with van der Waals surface area (Å²) in [5.41, 5.74) is 5.18. The minimum absolute atomic E-state index is 0.0995. The summed E-state index contributed by atoms with van der Waals surface area (Å²) < 4.78 is 19.0. The first-order chi connectivity index (χ1) is 7.78. The largest absolute Gasteiger partial charge is 0.444 e. The van der Waals surface area contributed by atoms with Gasteiger partial charge in [-0.3, -0.25) is 0 Å². The van der Waals surface area contributed by atoms with Gasteiger partial charge in [0.15, 0.2) is 0 Å². The molecule has 2 aliphatic rings. The van der Waals surface area contributed by atoms with Crippen LogP contribution in [-0.2, 0) is 4.74 Å². The second kappa shape index (κ2) is 4.12. The van der Waals surface area contributed by atoms with E-state index in [2.05, 4.69) is 0 Å². The number of hydrogen-bond acceptors (Lipinski definition) is 3. The highest BCUT2D eigenvalue weighted by Gasteiger charge is 2.48. The van der Waals surface area contributed by atoms with Crippen molar-refractivity contribution in [1.29, 1.82) is 0 Å². The molecule has 0 unspecified atom stereocenters. The molecule has 0 spiro atoms. The van der Waals surface area contributed by atoms with E-state index in [9.17, 15) is 9.18 Å². The Kier molecular flexibility index (Phi) is 3.06. The van der Waals surface area contributed by atoms with Gasteiger partial charge in [-0.2, -0.15) is 0 Å². The van der Waals surface area contributed by atoms with Gasteiger partial charge in [-0.15, -0.1) is 0 Å². The fourth-order valence-electron chi connectivity index (χ4n) is 2.78. The Morgan fingerprint density at radius 1 is 1.41 bits per heavy atom. The number of alkyl halides is 1. The maximum absolute atomic E-state index is 13.7. The summed E-state index contributed by atoms with van der Waals surface area (Å²) in [4.78, 5) is 13.4. The number of nitrogens with zero attached hydrogens (tertiary/aromatic N) is 1. The number of hydrogen-bond donors (Lipinski definition) is 1. The average Bonchev–Trinajstić information content (AvgIpc) is 2.66. The predicted octanol–water partition coefficient (Wildman–Crippen LogP) is 1.54. The van der Waals surface area contributed by atoms with Gasteiger partial charge in [0.25, 0.3) is 0 Å². The molecule has 0 aromatic carbocycles. The van der Waals surface area contributed by atoms with Gasteiger partial charge in [0, 0.05) is 25.0 Å². The molecule has 4 nitrogen and oxygen atoms in total. The van der Waals surface area contributed by atoms with Crippen molar-refractivity contribution in [2.75, 3.05) is 13.1 Å². The molecular weight excluding hydrogens is 223 g/mol. The summed E-state index contributed by atoms with van der Waals surface area (Å²) in [6.45, 7) is 6.50. The molecule has 2 rings (SSSR count). The molecule has 1 amide bonds. The highest BCUT2D eigenvalue weighted by molar-refractivity contribution is 5.68. The van der Waals surface area contributed by atoms with E-state index >= 15 is 0 Å². The number of halogens is 1. The molecule has 0 radical (unpaired) electrons. The van der Waals surface area contributed by atoms with E-state index in [0.717, 1.165) is 0 Å². The van der Waals surface area contributed by atoms with E-state index < -0.39 is 11.8 Å². The zero-order valence-corrected chi connectivity index (χ0v) is 10.6. The minimum Gasteiger partial charge on any atom is -0.444 e. The normalized spacial score (nSPS) is 37.1. The predicted molar refractivity (Wildman–Crippen MR) is 62.3 cm³/mol. The molecule has 1 saturated heterocycles. The average molecular weight is 244 g/mol. The van der Waals surface area contributed by atoms with Crippen LogP contribution >= 0.6 is 0 Å². The van der Waals surface area contributed by atoms with Crippen molar-refractivity contribution >= 4 is 6.09 Å². The van der Waals surface area contributed by atoms with E-state index in [1.807, 2.05) is 20.8 Å². The van der Waals surface area contributed by atoms with Crippen LogP contribution in [0, 0.1) is 11.8 Å². The molecule has 98 valence electrons. The molecule has 0 aromatic heterocycles. The van der Waals surface area contributed by atoms with E-state index in [0.29, 0.717) is 19.5 Å². The van der Waals surface area contributed by atoms with Crippen molar-refractivity contribution in [1.82, 2.24) is 4.90 Å². The molecule has 1 saturated carbocycles. The van der Waals surface area contributed by atoms with Crippen molar-refractivity contribution in [3.8, 4) is 0 Å². The lowest BCUT2D eigenvalue weighted by atomic mass is 10.0. The summed E-state index contributed by atoms with van der Waals surface area (Å²) >= 11 is 0. The second-order valence-electron chi connectivity index (χ2n) is 6.15. The van der Waals surface area contributed by atoms with Crippen molar-refractivity contribution in [2.45, 2.75) is 45.0 Å². The quantitative estimate of drug-likeness (QED) is 0.703. The summed E-state index contributed by atoms with van der Waals surface area (Å²) in [5, 5.41) is 0. The maximum atomic E-state index is 13.7. The fraction of sp³-hybridized carbons (Fsp3) is 0.917. The van der Waals surface area contributed by atoms with Crippen LogP contribution in [0.2, 0.25) is 0 Å². The minimum atomic E-state index is -0.979. The molecule has 2 fully saturated rings. The Hall–Kier alpha value is -0.840. The fourth-order valence-corrected chi connectivity index (χ4v) is 2.78. The number of fused-ring (bicyclic) bond motifs is 1. The van der Waals surface area contributed by atoms with Gasteiger partial charge in [-0.05, 0) is 33.1 Å². The number of amides is 1. The summed E-state index contributed by atoms with van der Waals surface area (Å²) in [5.74, 6) is 0.102. The van der Waals surface area contributed by atoms with Crippen LogP contribution in [0.5, 0.6) is 0 Å². The SMILES string of the molecule is CC(C)(C)OC(=O)N1C[C@H]2C[C@H](N)[C@H](F)[C@H]2C1. The molecule has 0 bridgehead atoms. The molecule has 1 heterocycles. The van der Waals surface area contributed by atoms with Gasteiger partial charge in [-0.25, -0.2) is 9.18 Å². The number of carbonyl (C=O) groups is 1. The van der Waals surface area contributed by atoms with E-state index in [1.165, 1.54) is 0 Å². The Morgan fingerprint density at radius 2 is 2.06 bits per heavy atom. The van der Waals surface area contributed by atoms with Crippen molar-refractivity contribution in [2.24, 2.45) is 17.6 Å². The van der Waals surface area contributed by atoms with Crippen LogP contribution in [0.15, 0.2) is 0 Å². The lowest BCUT2D eigenvalue weighted by Crippen LogP contribution is -2.38. The number of ether oxygens (including phenoxy) is 1. The van der Waals surface area contributed by atoms with Crippen LogP contribution in [-0.4, -0.2) is 41.9 Å². The first kappa shape index (κ1) is 12.6. The third-order valence-corrected chi connectivity index (χ3v) is 3.54. The van der Waals surface area contributed by atoms with Crippen molar-refractivity contribution < 1.29 is 13.9 Å². The summed E-state index contributed by atoms with van der Waals surface area (Å²) in [6, 6.07) is -0.356. The Bertz CT molecular complexity index is 316. The Labute approximate surface area is 101 Å². The first-order valence-corrected chi connectivity index (χ1v) is 6.15. The van der Waals surface area contributed by atoms with Crippen LogP contribution < -0.4 is 5.73 Å².